The molecule has 2 N–H and O–H groups in total. The summed E-state index contributed by atoms with van der Waals surface area (Å²) >= 11 is 0. The summed E-state index contributed by atoms with van der Waals surface area (Å²) in [5.74, 6) is 1.61. The third kappa shape index (κ3) is 3.47. The minimum atomic E-state index is 0.571. The average molecular weight is 268 g/mol. The van der Waals surface area contributed by atoms with Gasteiger partial charge in [-0.05, 0) is 32.3 Å². The minimum Gasteiger partial charge on any atom is -0.366 e. The minimum absolute atomic E-state index is 0.571. The van der Waals surface area contributed by atoms with Crippen LogP contribution in [0.3, 0.4) is 0 Å². The predicted molar refractivity (Wildman–Crippen MR) is 81.9 cm³/mol. The largest absolute Gasteiger partial charge is 0.366 e. The van der Waals surface area contributed by atoms with Crippen molar-refractivity contribution in [2.75, 3.05) is 10.6 Å². The van der Waals surface area contributed by atoms with Crippen molar-refractivity contribution in [3.8, 4) is 0 Å². The summed E-state index contributed by atoms with van der Waals surface area (Å²) in [6, 6.07) is 11.0. The van der Waals surface area contributed by atoms with Crippen LogP contribution in [0.15, 0.2) is 30.3 Å². The summed E-state index contributed by atoms with van der Waals surface area (Å²) in [7, 11) is 0. The van der Waals surface area contributed by atoms with Crippen molar-refractivity contribution in [3.05, 3.63) is 47.2 Å². The second kappa shape index (κ2) is 5.49. The average Bonchev–Trinajstić information content (AvgIpc) is 3.20. The van der Waals surface area contributed by atoms with Crippen molar-refractivity contribution in [1.82, 2.24) is 9.97 Å². The number of rotatable bonds is 5. The van der Waals surface area contributed by atoms with Crippen molar-refractivity contribution in [2.24, 2.45) is 0 Å². The molecule has 0 spiro atoms. The van der Waals surface area contributed by atoms with Gasteiger partial charge in [0, 0.05) is 24.3 Å². The van der Waals surface area contributed by atoms with Gasteiger partial charge < -0.3 is 10.6 Å². The van der Waals surface area contributed by atoms with Gasteiger partial charge in [-0.25, -0.2) is 4.98 Å². The lowest BCUT2D eigenvalue weighted by Crippen LogP contribution is -2.09. The van der Waals surface area contributed by atoms with Gasteiger partial charge in [-0.3, -0.25) is 0 Å². The summed E-state index contributed by atoms with van der Waals surface area (Å²) in [6.07, 6.45) is 2.45. The molecular formula is C16H20N4. The van der Waals surface area contributed by atoms with Crippen LogP contribution in [0.2, 0.25) is 0 Å². The van der Waals surface area contributed by atoms with Crippen LogP contribution < -0.4 is 10.6 Å². The number of aromatic nitrogens is 2. The van der Waals surface area contributed by atoms with Crippen molar-refractivity contribution in [1.29, 1.82) is 0 Å². The maximum atomic E-state index is 4.52. The van der Waals surface area contributed by atoms with E-state index in [-0.39, 0.29) is 0 Å². The second-order valence-corrected chi connectivity index (χ2v) is 5.48. The van der Waals surface area contributed by atoms with Gasteiger partial charge in [0.2, 0.25) is 5.95 Å². The Balaban J connectivity index is 1.68. The van der Waals surface area contributed by atoms with Gasteiger partial charge in [-0.1, -0.05) is 29.8 Å². The smallest absolute Gasteiger partial charge is 0.225 e. The Kier molecular flexibility index (Phi) is 3.54. The highest BCUT2D eigenvalue weighted by atomic mass is 15.2. The van der Waals surface area contributed by atoms with E-state index in [1.165, 1.54) is 24.0 Å². The van der Waals surface area contributed by atoms with E-state index in [1.54, 1.807) is 0 Å². The van der Waals surface area contributed by atoms with E-state index in [0.29, 0.717) is 6.04 Å². The van der Waals surface area contributed by atoms with Crippen LogP contribution in [0.5, 0.6) is 0 Å². The molecule has 1 aliphatic rings. The van der Waals surface area contributed by atoms with E-state index in [0.717, 1.165) is 24.0 Å². The second-order valence-electron chi connectivity index (χ2n) is 5.48. The zero-order chi connectivity index (χ0) is 13.9. The molecule has 0 atom stereocenters. The fourth-order valence-electron chi connectivity index (χ4n) is 2.15. The summed E-state index contributed by atoms with van der Waals surface area (Å²) in [5.41, 5.74) is 3.52. The first-order valence-corrected chi connectivity index (χ1v) is 7.11. The number of anilines is 2. The molecule has 3 rings (SSSR count). The molecule has 2 aromatic rings. The summed E-state index contributed by atoms with van der Waals surface area (Å²) < 4.78 is 0. The Morgan fingerprint density at radius 3 is 2.75 bits per heavy atom. The molecule has 0 radical (unpaired) electrons. The van der Waals surface area contributed by atoms with E-state index in [2.05, 4.69) is 51.8 Å². The normalized spacial score (nSPS) is 14.1. The van der Waals surface area contributed by atoms with E-state index in [1.807, 2.05) is 13.0 Å². The summed E-state index contributed by atoms with van der Waals surface area (Å²) in [6.45, 7) is 4.88. The molecule has 0 amide bonds. The molecule has 1 aromatic heterocycles. The molecule has 104 valence electrons. The summed E-state index contributed by atoms with van der Waals surface area (Å²) in [5, 5.41) is 6.71. The molecule has 1 heterocycles. The Hall–Kier alpha value is -2.10. The lowest BCUT2D eigenvalue weighted by atomic mass is 10.1. The van der Waals surface area contributed by atoms with Crippen LogP contribution in [0.1, 0.15) is 29.7 Å². The number of nitrogens with one attached hydrogen (secondary N) is 2. The fourth-order valence-corrected chi connectivity index (χ4v) is 2.15. The van der Waals surface area contributed by atoms with E-state index >= 15 is 0 Å². The third-order valence-corrected chi connectivity index (χ3v) is 3.32. The Labute approximate surface area is 119 Å². The van der Waals surface area contributed by atoms with Crippen LogP contribution in [-0.2, 0) is 6.54 Å². The molecule has 1 saturated carbocycles. The van der Waals surface area contributed by atoms with Crippen molar-refractivity contribution >= 4 is 11.8 Å². The molecule has 1 aromatic carbocycles. The molecule has 0 bridgehead atoms. The molecule has 0 saturated heterocycles. The standard InChI is InChI=1S/C16H20N4/c1-11-4-3-5-13(8-11)10-17-15-9-12(2)18-16(20-15)19-14-6-7-14/h3-5,8-9,14H,6-7,10H2,1-2H3,(H2,17,18,19,20). The SMILES string of the molecule is Cc1cccc(CNc2cc(C)nc(NC3CC3)n2)c1. The number of hydrogen-bond donors (Lipinski definition) is 2. The molecule has 0 aliphatic heterocycles. The Morgan fingerprint density at radius 1 is 1.15 bits per heavy atom. The molecule has 4 nitrogen and oxygen atoms in total. The molecule has 1 aliphatic carbocycles. The number of benzene rings is 1. The highest BCUT2D eigenvalue weighted by molar-refractivity contribution is 5.43. The number of hydrogen-bond acceptors (Lipinski definition) is 4. The molecule has 1 fully saturated rings. The lowest BCUT2D eigenvalue weighted by molar-refractivity contribution is 1.01. The Morgan fingerprint density at radius 2 is 2.00 bits per heavy atom. The maximum absolute atomic E-state index is 4.52. The number of nitrogens with zero attached hydrogens (tertiary/aromatic N) is 2. The highest BCUT2D eigenvalue weighted by Gasteiger charge is 2.22. The van der Waals surface area contributed by atoms with Crippen molar-refractivity contribution < 1.29 is 0 Å². The zero-order valence-electron chi connectivity index (χ0n) is 12.0. The van der Waals surface area contributed by atoms with Gasteiger partial charge in [0.1, 0.15) is 5.82 Å². The van der Waals surface area contributed by atoms with Crippen LogP contribution in [0.4, 0.5) is 11.8 Å². The molecule has 0 unspecified atom stereocenters. The summed E-state index contributed by atoms with van der Waals surface area (Å²) in [4.78, 5) is 8.94. The first-order valence-electron chi connectivity index (χ1n) is 7.11. The van der Waals surface area contributed by atoms with Gasteiger partial charge in [0.05, 0.1) is 0 Å². The van der Waals surface area contributed by atoms with Crippen molar-refractivity contribution in [2.45, 2.75) is 39.3 Å². The quantitative estimate of drug-likeness (QED) is 0.873. The van der Waals surface area contributed by atoms with E-state index in [9.17, 15) is 0 Å². The first kappa shape index (κ1) is 12.9. The molecular weight excluding hydrogens is 248 g/mol. The van der Waals surface area contributed by atoms with Crippen molar-refractivity contribution in [3.63, 3.8) is 0 Å². The van der Waals surface area contributed by atoms with Gasteiger partial charge in [-0.15, -0.1) is 0 Å². The van der Waals surface area contributed by atoms with Crippen LogP contribution >= 0.6 is 0 Å². The van der Waals surface area contributed by atoms with E-state index < -0.39 is 0 Å². The van der Waals surface area contributed by atoms with Gasteiger partial charge >= 0.3 is 0 Å². The predicted octanol–water partition coefficient (Wildman–Crippen LogP) is 3.28. The fraction of sp³-hybridized carbons (Fsp3) is 0.375. The zero-order valence-corrected chi connectivity index (χ0v) is 12.0. The van der Waals surface area contributed by atoms with Crippen LogP contribution in [-0.4, -0.2) is 16.0 Å². The maximum Gasteiger partial charge on any atom is 0.225 e. The monoisotopic (exact) mass is 268 g/mol. The van der Waals surface area contributed by atoms with Crippen LogP contribution in [0, 0.1) is 13.8 Å². The highest BCUT2D eigenvalue weighted by Crippen LogP contribution is 2.23. The third-order valence-electron chi connectivity index (χ3n) is 3.32. The topological polar surface area (TPSA) is 49.8 Å². The van der Waals surface area contributed by atoms with Crippen LogP contribution in [0.25, 0.3) is 0 Å². The van der Waals surface area contributed by atoms with Gasteiger partial charge in [0.15, 0.2) is 0 Å². The lowest BCUT2D eigenvalue weighted by Gasteiger charge is -2.10. The first-order chi connectivity index (χ1) is 9.69. The Bertz CT molecular complexity index is 605. The van der Waals surface area contributed by atoms with Gasteiger partial charge in [-0.2, -0.15) is 4.98 Å². The van der Waals surface area contributed by atoms with Gasteiger partial charge in [0.25, 0.3) is 0 Å². The molecule has 20 heavy (non-hydrogen) atoms. The van der Waals surface area contributed by atoms with E-state index in [4.69, 9.17) is 0 Å². The molecule has 4 heteroatoms. The number of aryl methyl sites for hydroxylation is 2.